The molecule has 0 amide bonds. The van der Waals surface area contributed by atoms with E-state index in [2.05, 4.69) is 4.72 Å². The average molecular weight is 249 g/mol. The highest BCUT2D eigenvalue weighted by Gasteiger charge is 2.41. The predicted molar refractivity (Wildman–Crippen MR) is 60.1 cm³/mol. The molecular formula is C9H19N3O3S. The van der Waals surface area contributed by atoms with Crippen molar-refractivity contribution >= 4 is 10.2 Å². The summed E-state index contributed by atoms with van der Waals surface area (Å²) in [7, 11) is -3.39. The zero-order valence-corrected chi connectivity index (χ0v) is 10.1. The van der Waals surface area contributed by atoms with Gasteiger partial charge in [0.05, 0.1) is 13.2 Å². The van der Waals surface area contributed by atoms with Crippen LogP contribution in [0.25, 0.3) is 0 Å². The lowest BCUT2D eigenvalue weighted by Crippen LogP contribution is -2.61. The molecule has 2 aliphatic rings. The molecule has 16 heavy (non-hydrogen) atoms. The molecule has 1 aliphatic carbocycles. The van der Waals surface area contributed by atoms with E-state index in [1.165, 1.54) is 4.31 Å². The van der Waals surface area contributed by atoms with Gasteiger partial charge in [-0.1, -0.05) is 0 Å². The minimum absolute atomic E-state index is 0.372. The Morgan fingerprint density at radius 3 is 2.38 bits per heavy atom. The number of hydrogen-bond donors (Lipinski definition) is 2. The first-order valence-corrected chi connectivity index (χ1v) is 7.09. The van der Waals surface area contributed by atoms with Crippen LogP contribution in [0.5, 0.6) is 0 Å². The lowest BCUT2D eigenvalue weighted by Gasteiger charge is -2.42. The summed E-state index contributed by atoms with van der Waals surface area (Å²) < 4.78 is 33.4. The van der Waals surface area contributed by atoms with E-state index < -0.39 is 15.7 Å². The molecule has 1 saturated carbocycles. The Hall–Kier alpha value is -0.210. The molecule has 6 nitrogen and oxygen atoms in total. The van der Waals surface area contributed by atoms with Crippen molar-refractivity contribution in [1.29, 1.82) is 0 Å². The third-order valence-corrected chi connectivity index (χ3v) is 5.09. The monoisotopic (exact) mass is 249 g/mol. The first-order chi connectivity index (χ1) is 7.58. The number of ether oxygens (including phenoxy) is 1. The second kappa shape index (κ2) is 4.58. The van der Waals surface area contributed by atoms with Gasteiger partial charge in [0.15, 0.2) is 0 Å². The van der Waals surface area contributed by atoms with Crippen molar-refractivity contribution in [3.63, 3.8) is 0 Å². The molecule has 0 radical (unpaired) electrons. The van der Waals surface area contributed by atoms with Crippen LogP contribution in [0, 0.1) is 0 Å². The highest BCUT2D eigenvalue weighted by Crippen LogP contribution is 2.31. The summed E-state index contributed by atoms with van der Waals surface area (Å²) in [6, 6.07) is 0. The fourth-order valence-electron chi connectivity index (χ4n) is 2.08. The van der Waals surface area contributed by atoms with Gasteiger partial charge in [-0.05, 0) is 19.3 Å². The van der Waals surface area contributed by atoms with Crippen LogP contribution in [-0.2, 0) is 14.9 Å². The molecule has 1 aliphatic heterocycles. The Kier molecular flexibility index (Phi) is 3.50. The standard InChI is InChI=1S/C9H19N3O3S/c10-8-9(2-1-3-9)11-16(13,14)12-4-6-15-7-5-12/h11H,1-8,10H2. The second-order valence-corrected chi connectivity index (χ2v) is 6.13. The van der Waals surface area contributed by atoms with E-state index >= 15 is 0 Å². The van der Waals surface area contributed by atoms with Crippen LogP contribution in [0.2, 0.25) is 0 Å². The molecule has 0 atom stereocenters. The fourth-order valence-corrected chi connectivity index (χ4v) is 3.67. The number of nitrogens with one attached hydrogen (secondary N) is 1. The van der Waals surface area contributed by atoms with E-state index in [9.17, 15) is 8.42 Å². The summed E-state index contributed by atoms with van der Waals surface area (Å²) in [6.07, 6.45) is 2.73. The third-order valence-electron chi connectivity index (χ3n) is 3.36. The summed E-state index contributed by atoms with van der Waals surface area (Å²) in [5.41, 5.74) is 5.24. The molecule has 1 saturated heterocycles. The molecule has 0 spiro atoms. The maximum Gasteiger partial charge on any atom is 0.280 e. The van der Waals surface area contributed by atoms with Crippen molar-refractivity contribution in [2.75, 3.05) is 32.8 Å². The molecule has 3 N–H and O–H groups in total. The van der Waals surface area contributed by atoms with Crippen molar-refractivity contribution in [2.24, 2.45) is 5.73 Å². The molecule has 0 aromatic rings. The number of nitrogens with zero attached hydrogens (tertiary/aromatic N) is 1. The summed E-state index contributed by atoms with van der Waals surface area (Å²) in [6.45, 7) is 2.16. The maximum atomic E-state index is 12.1. The summed E-state index contributed by atoms with van der Waals surface area (Å²) in [5, 5.41) is 0. The van der Waals surface area contributed by atoms with Gasteiger partial charge in [-0.25, -0.2) is 0 Å². The number of hydrogen-bond acceptors (Lipinski definition) is 4. The summed E-state index contributed by atoms with van der Waals surface area (Å²) in [5.74, 6) is 0. The smallest absolute Gasteiger partial charge is 0.280 e. The quantitative estimate of drug-likeness (QED) is 0.671. The van der Waals surface area contributed by atoms with Gasteiger partial charge in [0.1, 0.15) is 0 Å². The molecule has 0 unspecified atom stereocenters. The van der Waals surface area contributed by atoms with E-state index in [1.807, 2.05) is 0 Å². The van der Waals surface area contributed by atoms with Crippen molar-refractivity contribution in [3.05, 3.63) is 0 Å². The van der Waals surface area contributed by atoms with Gasteiger partial charge in [-0.2, -0.15) is 17.4 Å². The largest absolute Gasteiger partial charge is 0.379 e. The van der Waals surface area contributed by atoms with Crippen LogP contribution in [0.4, 0.5) is 0 Å². The van der Waals surface area contributed by atoms with E-state index in [1.54, 1.807) is 0 Å². The number of nitrogens with two attached hydrogens (primary N) is 1. The van der Waals surface area contributed by atoms with Crippen LogP contribution in [0.1, 0.15) is 19.3 Å². The Bertz CT molecular complexity index is 328. The van der Waals surface area contributed by atoms with Gasteiger partial charge in [0, 0.05) is 25.2 Å². The van der Waals surface area contributed by atoms with E-state index in [0.29, 0.717) is 32.8 Å². The minimum Gasteiger partial charge on any atom is -0.379 e. The van der Waals surface area contributed by atoms with E-state index in [4.69, 9.17) is 10.5 Å². The van der Waals surface area contributed by atoms with Gasteiger partial charge < -0.3 is 10.5 Å². The van der Waals surface area contributed by atoms with Gasteiger partial charge in [-0.15, -0.1) is 0 Å². The van der Waals surface area contributed by atoms with E-state index in [0.717, 1.165) is 19.3 Å². The van der Waals surface area contributed by atoms with Crippen molar-refractivity contribution in [3.8, 4) is 0 Å². The highest BCUT2D eigenvalue weighted by atomic mass is 32.2. The number of morpholine rings is 1. The molecule has 0 aromatic heterocycles. The van der Waals surface area contributed by atoms with Crippen LogP contribution >= 0.6 is 0 Å². The zero-order valence-electron chi connectivity index (χ0n) is 9.31. The Morgan fingerprint density at radius 2 is 1.94 bits per heavy atom. The summed E-state index contributed by atoms with van der Waals surface area (Å²) >= 11 is 0. The normalized spacial score (nSPS) is 26.3. The van der Waals surface area contributed by atoms with Gasteiger partial charge >= 0.3 is 0 Å². The first kappa shape index (κ1) is 12.3. The van der Waals surface area contributed by atoms with Crippen molar-refractivity contribution in [1.82, 2.24) is 9.03 Å². The maximum absolute atomic E-state index is 12.1. The molecule has 1 heterocycles. The molecule has 94 valence electrons. The summed E-state index contributed by atoms with van der Waals surface area (Å²) in [4.78, 5) is 0. The van der Waals surface area contributed by atoms with Gasteiger partial charge in [-0.3, -0.25) is 0 Å². The second-order valence-electron chi connectivity index (χ2n) is 4.46. The lowest BCUT2D eigenvalue weighted by atomic mass is 9.78. The van der Waals surface area contributed by atoms with Crippen molar-refractivity contribution < 1.29 is 13.2 Å². The Labute approximate surface area is 96.3 Å². The Balaban J connectivity index is 2.01. The van der Waals surface area contributed by atoms with Crippen molar-refractivity contribution in [2.45, 2.75) is 24.8 Å². The van der Waals surface area contributed by atoms with Crippen LogP contribution in [-0.4, -0.2) is 51.1 Å². The molecule has 2 fully saturated rings. The van der Waals surface area contributed by atoms with Crippen LogP contribution in [0.15, 0.2) is 0 Å². The fraction of sp³-hybridized carbons (Fsp3) is 1.00. The molecule has 0 aromatic carbocycles. The van der Waals surface area contributed by atoms with Gasteiger partial charge in [0.25, 0.3) is 10.2 Å². The zero-order chi connectivity index (χ0) is 11.6. The van der Waals surface area contributed by atoms with Gasteiger partial charge in [0.2, 0.25) is 0 Å². The average Bonchev–Trinajstić information content (AvgIpc) is 2.25. The van der Waals surface area contributed by atoms with Crippen LogP contribution in [0.3, 0.4) is 0 Å². The predicted octanol–water partition coefficient (Wildman–Crippen LogP) is -0.966. The molecule has 7 heteroatoms. The molecule has 2 rings (SSSR count). The van der Waals surface area contributed by atoms with Crippen LogP contribution < -0.4 is 10.5 Å². The van der Waals surface area contributed by atoms with E-state index in [-0.39, 0.29) is 0 Å². The lowest BCUT2D eigenvalue weighted by molar-refractivity contribution is 0.0712. The third kappa shape index (κ3) is 2.38. The Morgan fingerprint density at radius 1 is 1.31 bits per heavy atom. The topological polar surface area (TPSA) is 84.7 Å². The number of rotatable bonds is 4. The first-order valence-electron chi connectivity index (χ1n) is 5.65. The minimum atomic E-state index is -3.39. The SMILES string of the molecule is NCC1(NS(=O)(=O)N2CCOCC2)CCC1. The molecule has 0 bridgehead atoms. The molecular weight excluding hydrogens is 230 g/mol. The highest BCUT2D eigenvalue weighted by molar-refractivity contribution is 7.87.